The summed E-state index contributed by atoms with van der Waals surface area (Å²) in [6.07, 6.45) is 2.62. The van der Waals surface area contributed by atoms with Crippen molar-refractivity contribution in [2.24, 2.45) is 0 Å². The van der Waals surface area contributed by atoms with Gasteiger partial charge in [-0.25, -0.2) is 0 Å². The van der Waals surface area contributed by atoms with E-state index in [1.807, 2.05) is 55.5 Å². The van der Waals surface area contributed by atoms with Gasteiger partial charge in [0, 0.05) is 33.7 Å². The predicted octanol–water partition coefficient (Wildman–Crippen LogP) is 6.48. The van der Waals surface area contributed by atoms with Crippen LogP contribution in [0.1, 0.15) is 28.3 Å². The number of benzene rings is 3. The fraction of sp³-hybridized carbons (Fsp3) is 0.160. The Morgan fingerprint density at radius 1 is 0.967 bits per heavy atom. The highest BCUT2D eigenvalue weighted by Crippen LogP contribution is 2.37. The minimum atomic E-state index is -0.300. The number of nitrogens with zero attached hydrogens (tertiary/aromatic N) is 1. The molecule has 0 radical (unpaired) electrons. The van der Waals surface area contributed by atoms with Crippen molar-refractivity contribution in [2.45, 2.75) is 19.4 Å². The summed E-state index contributed by atoms with van der Waals surface area (Å²) in [6.45, 7) is 2.70. The van der Waals surface area contributed by atoms with Crippen LogP contribution in [-0.2, 0) is 6.42 Å². The van der Waals surface area contributed by atoms with Crippen molar-refractivity contribution in [2.75, 3.05) is 6.54 Å². The molecule has 1 aromatic heterocycles. The number of nitrogens with one attached hydrogen (secondary N) is 1. The second kappa shape index (κ2) is 9.05. The summed E-state index contributed by atoms with van der Waals surface area (Å²) in [7, 11) is 0. The lowest BCUT2D eigenvalue weighted by atomic mass is 9.95. The van der Waals surface area contributed by atoms with Gasteiger partial charge in [-0.3, -0.25) is 4.98 Å². The molecule has 3 nitrogen and oxygen atoms in total. The highest BCUT2D eigenvalue weighted by molar-refractivity contribution is 6.35. The summed E-state index contributed by atoms with van der Waals surface area (Å²) in [5.41, 5.74) is 4.46. The van der Waals surface area contributed by atoms with Gasteiger partial charge in [0.25, 0.3) is 0 Å². The smallest absolute Gasteiger partial charge is 0.146 e. The molecule has 0 bridgehead atoms. The molecule has 4 aromatic rings. The molecular weight excluding hydrogens is 415 g/mol. The fourth-order valence-corrected chi connectivity index (χ4v) is 4.19. The van der Waals surface area contributed by atoms with Crippen LogP contribution in [0.5, 0.6) is 5.75 Å². The first-order valence-corrected chi connectivity index (χ1v) is 10.6. The van der Waals surface area contributed by atoms with E-state index in [1.54, 1.807) is 12.3 Å². The van der Waals surface area contributed by atoms with E-state index in [9.17, 15) is 5.11 Å². The molecular formula is C25H22Cl2N2O. The zero-order valence-electron chi connectivity index (χ0n) is 16.6. The number of pyridine rings is 1. The highest BCUT2D eigenvalue weighted by atomic mass is 35.5. The molecule has 0 amide bonds. The number of halogens is 2. The Morgan fingerprint density at radius 3 is 2.50 bits per heavy atom. The number of rotatable bonds is 6. The van der Waals surface area contributed by atoms with Gasteiger partial charge in [-0.1, -0.05) is 71.7 Å². The SMILES string of the molecule is Cc1cnc2c(O)c(C(NCCc3ccccc3)c3ccc(Cl)cc3Cl)ccc2c1. The van der Waals surface area contributed by atoms with Crippen molar-refractivity contribution in [3.8, 4) is 5.75 Å². The zero-order chi connectivity index (χ0) is 21.1. The molecule has 1 atom stereocenters. The number of aromatic hydroxyl groups is 1. The lowest BCUT2D eigenvalue weighted by Crippen LogP contribution is -2.25. The van der Waals surface area contributed by atoms with E-state index in [0.29, 0.717) is 22.1 Å². The number of aryl methyl sites for hydroxylation is 1. The first-order valence-electron chi connectivity index (χ1n) is 9.83. The lowest BCUT2D eigenvalue weighted by molar-refractivity contribution is 0.462. The van der Waals surface area contributed by atoms with Crippen LogP contribution in [0.3, 0.4) is 0 Å². The topological polar surface area (TPSA) is 45.2 Å². The first kappa shape index (κ1) is 20.7. The fourth-order valence-electron chi connectivity index (χ4n) is 3.67. The predicted molar refractivity (Wildman–Crippen MR) is 125 cm³/mol. The Bertz CT molecular complexity index is 1180. The molecule has 0 saturated carbocycles. The second-order valence-electron chi connectivity index (χ2n) is 7.38. The van der Waals surface area contributed by atoms with Gasteiger partial charge in [0.1, 0.15) is 11.3 Å². The van der Waals surface area contributed by atoms with Gasteiger partial charge in [0.2, 0.25) is 0 Å². The molecule has 3 aromatic carbocycles. The Balaban J connectivity index is 1.72. The average Bonchev–Trinajstić information content (AvgIpc) is 2.73. The Kier molecular flexibility index (Phi) is 6.24. The number of hydrogen-bond donors (Lipinski definition) is 2. The molecule has 0 aliphatic heterocycles. The van der Waals surface area contributed by atoms with Gasteiger partial charge in [-0.15, -0.1) is 0 Å². The Labute approximate surface area is 186 Å². The minimum Gasteiger partial charge on any atom is -0.505 e. The van der Waals surface area contributed by atoms with Crippen molar-refractivity contribution in [1.82, 2.24) is 10.3 Å². The van der Waals surface area contributed by atoms with Gasteiger partial charge >= 0.3 is 0 Å². The molecule has 0 aliphatic carbocycles. The molecule has 0 aliphatic rings. The van der Waals surface area contributed by atoms with E-state index < -0.39 is 0 Å². The van der Waals surface area contributed by atoms with Gasteiger partial charge in [-0.05, 0) is 48.2 Å². The third-order valence-electron chi connectivity index (χ3n) is 5.18. The normalized spacial score (nSPS) is 12.2. The number of phenolic OH excluding ortho intramolecular Hbond substituents is 1. The van der Waals surface area contributed by atoms with Gasteiger partial charge in [-0.2, -0.15) is 0 Å². The summed E-state index contributed by atoms with van der Waals surface area (Å²) in [5.74, 6) is 0.163. The second-order valence-corrected chi connectivity index (χ2v) is 8.22. The first-order chi connectivity index (χ1) is 14.5. The summed E-state index contributed by atoms with van der Waals surface area (Å²) >= 11 is 12.7. The van der Waals surface area contributed by atoms with Gasteiger partial charge in [0.15, 0.2) is 0 Å². The van der Waals surface area contributed by atoms with Crippen LogP contribution in [0.2, 0.25) is 10.0 Å². The maximum absolute atomic E-state index is 11.1. The lowest BCUT2D eigenvalue weighted by Gasteiger charge is -2.23. The largest absolute Gasteiger partial charge is 0.505 e. The summed E-state index contributed by atoms with van der Waals surface area (Å²) in [5, 5.41) is 16.7. The van der Waals surface area contributed by atoms with E-state index >= 15 is 0 Å². The van der Waals surface area contributed by atoms with E-state index in [1.165, 1.54) is 5.56 Å². The zero-order valence-corrected chi connectivity index (χ0v) is 18.1. The standard InChI is InChI=1S/C25H22Cl2N2O/c1-16-13-18-7-9-21(25(30)23(18)29-15-16)24(20-10-8-19(26)14-22(20)27)28-12-11-17-5-3-2-4-6-17/h2-10,13-15,24,28,30H,11-12H2,1H3. The average molecular weight is 437 g/mol. The molecule has 30 heavy (non-hydrogen) atoms. The molecule has 1 heterocycles. The van der Waals surface area contributed by atoms with Crippen LogP contribution in [0.25, 0.3) is 10.9 Å². The summed E-state index contributed by atoms with van der Waals surface area (Å²) in [6, 6.07) is 21.4. The maximum Gasteiger partial charge on any atom is 0.146 e. The van der Waals surface area contributed by atoms with Crippen LogP contribution >= 0.6 is 23.2 Å². The molecule has 0 fully saturated rings. The number of phenols is 1. The quantitative estimate of drug-likeness (QED) is 0.363. The minimum absolute atomic E-state index is 0.163. The third-order valence-corrected chi connectivity index (χ3v) is 5.75. The monoisotopic (exact) mass is 436 g/mol. The van der Waals surface area contributed by atoms with Gasteiger partial charge < -0.3 is 10.4 Å². The molecule has 0 saturated heterocycles. The third kappa shape index (κ3) is 4.44. The Hall–Kier alpha value is -2.59. The maximum atomic E-state index is 11.1. The van der Waals surface area contributed by atoms with Crippen molar-refractivity contribution in [3.05, 3.63) is 105 Å². The summed E-state index contributed by atoms with van der Waals surface area (Å²) in [4.78, 5) is 4.45. The number of fused-ring (bicyclic) bond motifs is 1. The number of aromatic nitrogens is 1. The van der Waals surface area contributed by atoms with Crippen molar-refractivity contribution < 1.29 is 5.11 Å². The highest BCUT2D eigenvalue weighted by Gasteiger charge is 2.22. The van der Waals surface area contributed by atoms with Gasteiger partial charge in [0.05, 0.1) is 6.04 Å². The molecule has 2 N–H and O–H groups in total. The molecule has 0 spiro atoms. The van der Waals surface area contributed by atoms with Crippen LogP contribution in [0, 0.1) is 6.92 Å². The van der Waals surface area contributed by atoms with Crippen LogP contribution < -0.4 is 5.32 Å². The molecule has 5 heteroatoms. The Morgan fingerprint density at radius 2 is 1.73 bits per heavy atom. The van der Waals surface area contributed by atoms with E-state index in [0.717, 1.165) is 28.5 Å². The number of hydrogen-bond acceptors (Lipinski definition) is 3. The van der Waals surface area contributed by atoms with Crippen molar-refractivity contribution in [1.29, 1.82) is 0 Å². The van der Waals surface area contributed by atoms with E-state index in [4.69, 9.17) is 23.2 Å². The summed E-state index contributed by atoms with van der Waals surface area (Å²) < 4.78 is 0. The van der Waals surface area contributed by atoms with Crippen LogP contribution in [0.15, 0.2) is 72.9 Å². The van der Waals surface area contributed by atoms with Crippen molar-refractivity contribution >= 4 is 34.1 Å². The molecule has 4 rings (SSSR count). The van der Waals surface area contributed by atoms with Crippen molar-refractivity contribution in [3.63, 3.8) is 0 Å². The molecule has 1 unspecified atom stereocenters. The molecule has 152 valence electrons. The van der Waals surface area contributed by atoms with Crippen LogP contribution in [0.4, 0.5) is 0 Å². The van der Waals surface area contributed by atoms with E-state index in [-0.39, 0.29) is 11.8 Å². The van der Waals surface area contributed by atoms with Crippen LogP contribution in [-0.4, -0.2) is 16.6 Å². The van der Waals surface area contributed by atoms with E-state index in [2.05, 4.69) is 22.4 Å².